The summed E-state index contributed by atoms with van der Waals surface area (Å²) >= 11 is 1.38. The van der Waals surface area contributed by atoms with Crippen molar-refractivity contribution < 1.29 is 23.7 Å². The molecule has 7 nitrogen and oxygen atoms in total. The lowest BCUT2D eigenvalue weighted by Gasteiger charge is -2.08. The Labute approximate surface area is 166 Å². The van der Waals surface area contributed by atoms with Crippen molar-refractivity contribution in [2.24, 2.45) is 12.0 Å². The minimum Gasteiger partial charge on any atom is -0.497 e. The highest BCUT2D eigenvalue weighted by Crippen LogP contribution is 2.34. The fraction of sp³-hybridized carbons (Fsp3) is 0.300. The topological polar surface area (TPSA) is 71.3 Å². The van der Waals surface area contributed by atoms with Crippen LogP contribution in [0.5, 0.6) is 23.0 Å². The molecule has 2 aromatic carbocycles. The van der Waals surface area contributed by atoms with E-state index < -0.39 is 0 Å². The van der Waals surface area contributed by atoms with Crippen molar-refractivity contribution in [2.75, 3.05) is 28.4 Å². The number of ether oxygens (including phenoxy) is 4. The predicted octanol–water partition coefficient (Wildman–Crippen LogP) is 2.94. The second-order valence-electron chi connectivity index (χ2n) is 5.95. The largest absolute Gasteiger partial charge is 0.497 e. The first-order valence-electron chi connectivity index (χ1n) is 8.51. The zero-order valence-corrected chi connectivity index (χ0v) is 17.3. The molecular formula is C20H22N2O5S. The van der Waals surface area contributed by atoms with Crippen LogP contribution in [0.1, 0.15) is 5.56 Å². The standard InChI is InChI=1S/C20H22N2O5S/c1-22-18-14(25-3)8-9-15(26-4)19(18)28-20(22)21-17(23)10-12-6-7-13(24-2)11-16(12)27-5/h6-9,11H,10H2,1-5H3. The first-order chi connectivity index (χ1) is 13.5. The molecule has 0 spiro atoms. The van der Waals surface area contributed by atoms with Crippen LogP contribution in [0.2, 0.25) is 0 Å². The van der Waals surface area contributed by atoms with Crippen LogP contribution in [0, 0.1) is 0 Å². The Morgan fingerprint density at radius 2 is 1.64 bits per heavy atom. The molecule has 0 radical (unpaired) electrons. The molecule has 0 bridgehead atoms. The van der Waals surface area contributed by atoms with Crippen LogP contribution >= 0.6 is 11.3 Å². The molecule has 0 fully saturated rings. The van der Waals surface area contributed by atoms with Crippen molar-refractivity contribution in [3.05, 3.63) is 40.7 Å². The lowest BCUT2D eigenvalue weighted by molar-refractivity contribution is -0.117. The maximum atomic E-state index is 12.6. The third-order valence-corrected chi connectivity index (χ3v) is 5.52. The molecule has 0 aliphatic heterocycles. The third kappa shape index (κ3) is 3.68. The summed E-state index contributed by atoms with van der Waals surface area (Å²) in [5.74, 6) is 2.39. The fourth-order valence-corrected chi connectivity index (χ4v) is 4.08. The molecule has 148 valence electrons. The van der Waals surface area contributed by atoms with Gasteiger partial charge in [0.15, 0.2) is 4.80 Å². The molecule has 8 heteroatoms. The Kier molecular flexibility index (Phi) is 5.89. The number of hydrogen-bond acceptors (Lipinski definition) is 6. The lowest BCUT2D eigenvalue weighted by atomic mass is 10.1. The molecule has 0 unspecified atom stereocenters. The number of fused-ring (bicyclic) bond motifs is 1. The number of aryl methyl sites for hydroxylation is 1. The van der Waals surface area contributed by atoms with E-state index in [1.807, 2.05) is 29.8 Å². The highest BCUT2D eigenvalue weighted by Gasteiger charge is 2.15. The smallest absolute Gasteiger partial charge is 0.252 e. The average Bonchev–Trinajstić information content (AvgIpc) is 3.03. The summed E-state index contributed by atoms with van der Waals surface area (Å²) < 4.78 is 24.1. The highest BCUT2D eigenvalue weighted by molar-refractivity contribution is 7.16. The van der Waals surface area contributed by atoms with Crippen molar-refractivity contribution in [1.82, 2.24) is 4.57 Å². The van der Waals surface area contributed by atoms with Gasteiger partial charge in [-0.3, -0.25) is 4.79 Å². The fourth-order valence-electron chi connectivity index (χ4n) is 2.94. The van der Waals surface area contributed by atoms with Gasteiger partial charge in [0.25, 0.3) is 5.91 Å². The summed E-state index contributed by atoms with van der Waals surface area (Å²) in [5, 5.41) is 0. The quantitative estimate of drug-likeness (QED) is 0.634. The summed E-state index contributed by atoms with van der Waals surface area (Å²) in [6.45, 7) is 0. The predicted molar refractivity (Wildman–Crippen MR) is 108 cm³/mol. The van der Waals surface area contributed by atoms with Crippen LogP contribution in [0.3, 0.4) is 0 Å². The van der Waals surface area contributed by atoms with Gasteiger partial charge in [0.1, 0.15) is 33.2 Å². The number of aromatic nitrogens is 1. The van der Waals surface area contributed by atoms with Gasteiger partial charge in [0.2, 0.25) is 0 Å². The van der Waals surface area contributed by atoms with Crippen molar-refractivity contribution in [3.63, 3.8) is 0 Å². The SMILES string of the molecule is COc1ccc(CC(=O)N=c2sc3c(OC)ccc(OC)c3n2C)c(OC)c1. The first-order valence-corrected chi connectivity index (χ1v) is 9.33. The van der Waals surface area contributed by atoms with Gasteiger partial charge in [-0.25, -0.2) is 0 Å². The molecule has 1 amide bonds. The molecule has 0 saturated carbocycles. The molecule has 3 aromatic rings. The molecule has 0 aliphatic carbocycles. The summed E-state index contributed by atoms with van der Waals surface area (Å²) in [7, 11) is 8.21. The molecule has 0 aliphatic rings. The van der Waals surface area contributed by atoms with E-state index in [4.69, 9.17) is 18.9 Å². The zero-order valence-electron chi connectivity index (χ0n) is 16.4. The van der Waals surface area contributed by atoms with Crippen LogP contribution < -0.4 is 23.7 Å². The normalized spacial score (nSPS) is 11.5. The van der Waals surface area contributed by atoms with Gasteiger partial charge >= 0.3 is 0 Å². The van der Waals surface area contributed by atoms with E-state index >= 15 is 0 Å². The Morgan fingerprint density at radius 3 is 2.29 bits per heavy atom. The molecule has 28 heavy (non-hydrogen) atoms. The van der Waals surface area contributed by atoms with Gasteiger partial charge in [-0.15, -0.1) is 0 Å². The molecular weight excluding hydrogens is 380 g/mol. The van der Waals surface area contributed by atoms with Gasteiger partial charge in [0.05, 0.1) is 34.9 Å². The highest BCUT2D eigenvalue weighted by atomic mass is 32.1. The van der Waals surface area contributed by atoms with Crippen molar-refractivity contribution >= 4 is 27.5 Å². The molecule has 0 N–H and O–H groups in total. The van der Waals surface area contributed by atoms with Gasteiger partial charge in [-0.2, -0.15) is 4.99 Å². The number of carbonyl (C=O) groups is 1. The van der Waals surface area contributed by atoms with Crippen LogP contribution in [-0.4, -0.2) is 38.9 Å². The lowest BCUT2D eigenvalue weighted by Crippen LogP contribution is -2.14. The maximum Gasteiger partial charge on any atom is 0.252 e. The van der Waals surface area contributed by atoms with Crippen LogP contribution in [0.4, 0.5) is 0 Å². The van der Waals surface area contributed by atoms with Crippen molar-refractivity contribution in [1.29, 1.82) is 0 Å². The minimum atomic E-state index is -0.274. The third-order valence-electron chi connectivity index (χ3n) is 4.37. The summed E-state index contributed by atoms with van der Waals surface area (Å²) in [4.78, 5) is 17.5. The van der Waals surface area contributed by atoms with Crippen LogP contribution in [-0.2, 0) is 18.3 Å². The number of methoxy groups -OCH3 is 4. The van der Waals surface area contributed by atoms with E-state index in [9.17, 15) is 4.79 Å². The monoisotopic (exact) mass is 402 g/mol. The zero-order chi connectivity index (χ0) is 20.3. The maximum absolute atomic E-state index is 12.6. The van der Waals surface area contributed by atoms with Gasteiger partial charge in [-0.05, 0) is 18.2 Å². The second-order valence-corrected chi connectivity index (χ2v) is 6.93. The Bertz CT molecular complexity index is 1080. The average molecular weight is 402 g/mol. The van der Waals surface area contributed by atoms with Gasteiger partial charge in [-0.1, -0.05) is 17.4 Å². The summed E-state index contributed by atoms with van der Waals surface area (Å²) in [6.07, 6.45) is 0.121. The minimum absolute atomic E-state index is 0.121. The molecule has 1 aromatic heterocycles. The van der Waals surface area contributed by atoms with E-state index in [2.05, 4.69) is 4.99 Å². The van der Waals surface area contributed by atoms with E-state index in [0.29, 0.717) is 27.8 Å². The second kappa shape index (κ2) is 8.35. The Balaban J connectivity index is 2.01. The Morgan fingerprint density at radius 1 is 0.964 bits per heavy atom. The molecule has 0 atom stereocenters. The van der Waals surface area contributed by atoms with Gasteiger partial charge < -0.3 is 23.5 Å². The number of thiazole rings is 1. The van der Waals surface area contributed by atoms with E-state index in [-0.39, 0.29) is 12.3 Å². The number of carbonyl (C=O) groups excluding carboxylic acids is 1. The number of benzene rings is 2. The van der Waals surface area contributed by atoms with E-state index in [1.165, 1.54) is 11.3 Å². The van der Waals surface area contributed by atoms with E-state index in [1.54, 1.807) is 40.6 Å². The van der Waals surface area contributed by atoms with Crippen molar-refractivity contribution in [3.8, 4) is 23.0 Å². The van der Waals surface area contributed by atoms with E-state index in [0.717, 1.165) is 15.8 Å². The Hall–Kier alpha value is -3.00. The van der Waals surface area contributed by atoms with Crippen LogP contribution in [0.25, 0.3) is 10.2 Å². The summed E-state index contributed by atoms with van der Waals surface area (Å²) in [5.41, 5.74) is 1.58. The number of nitrogens with zero attached hydrogens (tertiary/aromatic N) is 2. The van der Waals surface area contributed by atoms with Crippen molar-refractivity contribution in [2.45, 2.75) is 6.42 Å². The van der Waals surface area contributed by atoms with Gasteiger partial charge in [0, 0.05) is 18.7 Å². The first kappa shape index (κ1) is 19.8. The number of hydrogen-bond donors (Lipinski definition) is 0. The summed E-state index contributed by atoms with van der Waals surface area (Å²) in [6, 6.07) is 9.02. The number of amides is 1. The number of rotatable bonds is 6. The van der Waals surface area contributed by atoms with Crippen LogP contribution in [0.15, 0.2) is 35.3 Å². The molecule has 0 saturated heterocycles. The molecule has 3 rings (SSSR count). The molecule has 1 heterocycles.